The molecule has 1 heterocycles. The summed E-state index contributed by atoms with van der Waals surface area (Å²) in [5.74, 6) is 3.20. The Morgan fingerprint density at radius 3 is 2.67 bits per heavy atom. The molecular formula is C28H28O2. The van der Waals surface area contributed by atoms with E-state index < -0.39 is 0 Å². The Hall–Kier alpha value is -2.74. The third kappa shape index (κ3) is 2.56. The highest BCUT2D eigenvalue weighted by atomic mass is 16.5. The van der Waals surface area contributed by atoms with Crippen molar-refractivity contribution in [2.75, 3.05) is 7.11 Å². The van der Waals surface area contributed by atoms with Crippen molar-refractivity contribution < 1.29 is 9.47 Å². The lowest BCUT2D eigenvalue weighted by atomic mass is 9.50. The molecule has 1 spiro atoms. The molecule has 4 atom stereocenters. The maximum atomic E-state index is 6.95. The maximum absolute atomic E-state index is 6.95. The van der Waals surface area contributed by atoms with Crippen LogP contribution in [0.2, 0.25) is 0 Å². The normalized spacial score (nSPS) is 29.4. The molecular weight excluding hydrogens is 368 g/mol. The lowest BCUT2D eigenvalue weighted by Gasteiger charge is -2.57. The fraction of sp³-hybridized carbons (Fsp3) is 0.357. The van der Waals surface area contributed by atoms with Gasteiger partial charge in [-0.3, -0.25) is 0 Å². The summed E-state index contributed by atoms with van der Waals surface area (Å²) in [5, 5.41) is 2.67. The Bertz CT molecular complexity index is 1110. The van der Waals surface area contributed by atoms with Crippen molar-refractivity contribution in [3.8, 4) is 11.5 Å². The van der Waals surface area contributed by atoms with Crippen molar-refractivity contribution in [3.05, 3.63) is 83.9 Å². The number of hydrogen-bond acceptors (Lipinski definition) is 2. The molecule has 3 aromatic carbocycles. The van der Waals surface area contributed by atoms with Gasteiger partial charge in [-0.15, -0.1) is 0 Å². The first-order chi connectivity index (χ1) is 14.8. The minimum Gasteiger partial charge on any atom is -0.497 e. The monoisotopic (exact) mass is 396 g/mol. The van der Waals surface area contributed by atoms with Gasteiger partial charge >= 0.3 is 0 Å². The lowest BCUT2D eigenvalue weighted by molar-refractivity contribution is -0.0806. The second-order valence-corrected chi connectivity index (χ2v) is 9.22. The Balaban J connectivity index is 1.56. The van der Waals surface area contributed by atoms with E-state index in [0.29, 0.717) is 11.8 Å². The highest BCUT2D eigenvalue weighted by Gasteiger charge is 2.56. The van der Waals surface area contributed by atoms with E-state index in [4.69, 9.17) is 9.47 Å². The average Bonchev–Trinajstić information content (AvgIpc) is 2.78. The first-order valence-electron chi connectivity index (χ1n) is 11.3. The number of rotatable bonds is 2. The van der Waals surface area contributed by atoms with Crippen LogP contribution in [0.25, 0.3) is 10.8 Å². The number of fused-ring (bicyclic) bond motifs is 3. The number of benzene rings is 3. The van der Waals surface area contributed by atoms with Gasteiger partial charge in [0.25, 0.3) is 0 Å². The molecule has 0 N–H and O–H groups in total. The third-order valence-corrected chi connectivity index (χ3v) is 7.94. The van der Waals surface area contributed by atoms with Gasteiger partial charge in [0.2, 0.25) is 0 Å². The van der Waals surface area contributed by atoms with E-state index in [1.807, 2.05) is 0 Å². The van der Waals surface area contributed by atoms with Gasteiger partial charge in [0.05, 0.1) is 7.11 Å². The van der Waals surface area contributed by atoms with E-state index in [1.54, 1.807) is 7.11 Å². The van der Waals surface area contributed by atoms with Crippen molar-refractivity contribution >= 4 is 10.8 Å². The molecule has 0 aromatic heterocycles. The van der Waals surface area contributed by atoms with Gasteiger partial charge in [-0.25, -0.2) is 0 Å². The summed E-state index contributed by atoms with van der Waals surface area (Å²) in [5.41, 5.74) is 2.81. The summed E-state index contributed by atoms with van der Waals surface area (Å²) in [7, 11) is 1.73. The quantitative estimate of drug-likeness (QED) is 0.439. The Morgan fingerprint density at radius 2 is 1.83 bits per heavy atom. The van der Waals surface area contributed by atoms with E-state index >= 15 is 0 Å². The predicted octanol–water partition coefficient (Wildman–Crippen LogP) is 6.89. The highest BCUT2D eigenvalue weighted by molar-refractivity contribution is 5.88. The zero-order valence-electron chi connectivity index (χ0n) is 17.5. The topological polar surface area (TPSA) is 18.5 Å². The molecule has 2 heteroatoms. The molecule has 3 aromatic rings. The Morgan fingerprint density at radius 1 is 0.967 bits per heavy atom. The molecule has 1 aliphatic heterocycles. The number of hydrogen-bond donors (Lipinski definition) is 0. The van der Waals surface area contributed by atoms with Crippen molar-refractivity contribution in [2.45, 2.75) is 38.2 Å². The van der Waals surface area contributed by atoms with Gasteiger partial charge in [0.15, 0.2) is 0 Å². The van der Waals surface area contributed by atoms with Crippen LogP contribution in [0.3, 0.4) is 0 Å². The molecule has 30 heavy (non-hydrogen) atoms. The molecule has 2 nitrogen and oxygen atoms in total. The molecule has 0 saturated heterocycles. The molecule has 152 valence electrons. The third-order valence-electron chi connectivity index (χ3n) is 7.94. The van der Waals surface area contributed by atoms with Crippen LogP contribution >= 0.6 is 0 Å². The zero-order chi connectivity index (χ0) is 20.1. The SMILES string of the molecule is COc1ccc(C2Oc3ccc4ccccc4c3CC23C2C=CCC3CCC2)cc1. The summed E-state index contributed by atoms with van der Waals surface area (Å²) < 4.78 is 12.4. The minimum atomic E-state index is 0.0809. The second kappa shape index (κ2) is 6.91. The van der Waals surface area contributed by atoms with Crippen LogP contribution in [0.4, 0.5) is 0 Å². The van der Waals surface area contributed by atoms with Crippen molar-refractivity contribution in [1.29, 1.82) is 0 Å². The Kier molecular flexibility index (Phi) is 4.16. The summed E-state index contributed by atoms with van der Waals surface area (Å²) >= 11 is 0. The second-order valence-electron chi connectivity index (χ2n) is 9.22. The van der Waals surface area contributed by atoms with E-state index in [2.05, 4.69) is 72.8 Å². The van der Waals surface area contributed by atoms with Gasteiger partial charge < -0.3 is 9.47 Å². The molecule has 0 amide bonds. The van der Waals surface area contributed by atoms with E-state index in [-0.39, 0.29) is 11.5 Å². The van der Waals surface area contributed by atoms with Gasteiger partial charge in [-0.1, -0.05) is 61.0 Å². The maximum Gasteiger partial charge on any atom is 0.130 e. The predicted molar refractivity (Wildman–Crippen MR) is 121 cm³/mol. The summed E-state index contributed by atoms with van der Waals surface area (Å²) in [4.78, 5) is 0. The lowest BCUT2D eigenvalue weighted by Crippen LogP contribution is -2.51. The fourth-order valence-corrected chi connectivity index (χ4v) is 6.53. The summed E-state index contributed by atoms with van der Waals surface area (Å²) in [6.07, 6.45) is 11.2. The fourth-order valence-electron chi connectivity index (χ4n) is 6.53. The Labute approximate surface area is 178 Å². The molecule has 3 aliphatic rings. The molecule has 4 unspecified atom stereocenters. The average molecular weight is 397 g/mol. The smallest absolute Gasteiger partial charge is 0.130 e. The molecule has 2 bridgehead atoms. The highest BCUT2D eigenvalue weighted by Crippen LogP contribution is 2.62. The number of ether oxygens (including phenoxy) is 2. The first-order valence-corrected chi connectivity index (χ1v) is 11.3. The molecule has 6 rings (SSSR count). The van der Waals surface area contributed by atoms with Gasteiger partial charge in [-0.05, 0) is 72.1 Å². The van der Waals surface area contributed by atoms with Gasteiger partial charge in [0.1, 0.15) is 17.6 Å². The van der Waals surface area contributed by atoms with Crippen molar-refractivity contribution in [2.24, 2.45) is 17.3 Å². The molecule has 1 saturated carbocycles. The van der Waals surface area contributed by atoms with Crippen LogP contribution in [0, 0.1) is 17.3 Å². The largest absolute Gasteiger partial charge is 0.497 e. The van der Waals surface area contributed by atoms with E-state index in [1.165, 1.54) is 47.6 Å². The standard InChI is InChI=1S/C28H28O2/c1-29-23-15-12-20(13-16-23)27-28(21-7-4-8-22(28)10-5-9-21)18-25-24-11-3-2-6-19(24)14-17-26(25)30-27/h2-4,6-7,11-17,21-22,27H,5,8-10,18H2,1H3. The van der Waals surface area contributed by atoms with Crippen molar-refractivity contribution in [1.82, 2.24) is 0 Å². The summed E-state index contributed by atoms with van der Waals surface area (Å²) in [6.45, 7) is 0. The number of allylic oxidation sites excluding steroid dienone is 2. The van der Waals surface area contributed by atoms with Gasteiger partial charge in [0, 0.05) is 11.0 Å². The first kappa shape index (κ1) is 18.1. The van der Waals surface area contributed by atoms with Crippen molar-refractivity contribution in [3.63, 3.8) is 0 Å². The van der Waals surface area contributed by atoms with Gasteiger partial charge in [-0.2, -0.15) is 0 Å². The van der Waals surface area contributed by atoms with E-state index in [9.17, 15) is 0 Å². The molecule has 0 radical (unpaired) electrons. The van der Waals surface area contributed by atoms with Crippen LogP contribution in [0.1, 0.15) is 42.9 Å². The molecule has 2 aliphatic carbocycles. The van der Waals surface area contributed by atoms with Crippen LogP contribution < -0.4 is 9.47 Å². The van der Waals surface area contributed by atoms with Crippen LogP contribution in [0.15, 0.2) is 72.8 Å². The van der Waals surface area contributed by atoms with Crippen LogP contribution in [0.5, 0.6) is 11.5 Å². The van der Waals surface area contributed by atoms with Crippen LogP contribution in [-0.2, 0) is 6.42 Å². The summed E-state index contributed by atoms with van der Waals surface area (Å²) in [6, 6.07) is 21.8. The molecule has 1 fully saturated rings. The zero-order valence-corrected chi connectivity index (χ0v) is 17.5. The number of methoxy groups -OCH3 is 1. The van der Waals surface area contributed by atoms with Crippen LogP contribution in [-0.4, -0.2) is 7.11 Å². The van der Waals surface area contributed by atoms with E-state index in [0.717, 1.165) is 17.9 Å². The minimum absolute atomic E-state index is 0.0809.